The second kappa shape index (κ2) is 5.19. The maximum Gasteiger partial charge on any atom is 0.0135 e. The zero-order chi connectivity index (χ0) is 16.1. The quantitative estimate of drug-likeness (QED) is 0.250. The monoisotopic (exact) mass is 324 g/mol. The smallest absolute Gasteiger partial charge is 0.0135 e. The standard InChI is InChI=1S/C23H16S/c1-24(19-8-3-2-4-9-19)21-15-13-18-11-10-16-6-5-7-17-12-14-20(21)23(18)22(16)17/h2-15H,1H2. The summed E-state index contributed by atoms with van der Waals surface area (Å²) in [6, 6.07) is 30.6. The molecule has 0 heterocycles. The summed E-state index contributed by atoms with van der Waals surface area (Å²) in [7, 11) is -0.179. The zero-order valence-electron chi connectivity index (χ0n) is 13.2. The van der Waals surface area contributed by atoms with Crippen LogP contribution in [0.15, 0.2) is 94.7 Å². The maximum atomic E-state index is 4.49. The Labute approximate surface area is 143 Å². The molecule has 0 saturated carbocycles. The van der Waals surface area contributed by atoms with E-state index in [1.165, 1.54) is 42.1 Å². The SMILES string of the molecule is C=S(c1ccccc1)c1ccc2ccc3cccc4ccc1c2c34. The molecule has 0 aliphatic carbocycles. The third kappa shape index (κ3) is 1.92. The molecule has 0 nitrogen and oxygen atoms in total. The lowest BCUT2D eigenvalue weighted by Gasteiger charge is -2.16. The summed E-state index contributed by atoms with van der Waals surface area (Å²) >= 11 is 0. The highest BCUT2D eigenvalue weighted by Crippen LogP contribution is 2.43. The number of benzene rings is 5. The van der Waals surface area contributed by atoms with Gasteiger partial charge in [0.1, 0.15) is 0 Å². The molecule has 5 rings (SSSR count). The molecule has 0 amide bonds. The third-order valence-electron chi connectivity index (χ3n) is 4.78. The van der Waals surface area contributed by atoms with Crippen LogP contribution < -0.4 is 0 Å². The fourth-order valence-electron chi connectivity index (χ4n) is 3.64. The van der Waals surface area contributed by atoms with E-state index in [9.17, 15) is 0 Å². The minimum Gasteiger partial charge on any atom is -0.130 e. The molecule has 0 saturated heterocycles. The summed E-state index contributed by atoms with van der Waals surface area (Å²) in [5.41, 5.74) is 0. The fourth-order valence-corrected chi connectivity index (χ4v) is 5.04. The number of hydrogen-bond donors (Lipinski definition) is 0. The lowest BCUT2D eigenvalue weighted by molar-refractivity contribution is 1.44. The highest BCUT2D eigenvalue weighted by atomic mass is 32.2. The lowest BCUT2D eigenvalue weighted by atomic mass is 9.94. The number of hydrogen-bond acceptors (Lipinski definition) is 0. The fraction of sp³-hybridized carbons (Fsp3) is 0. The first-order chi connectivity index (χ1) is 11.8. The van der Waals surface area contributed by atoms with Crippen molar-refractivity contribution in [1.82, 2.24) is 0 Å². The van der Waals surface area contributed by atoms with Crippen LogP contribution in [-0.2, 0) is 0 Å². The molecule has 0 aliphatic heterocycles. The molecule has 1 unspecified atom stereocenters. The minimum absolute atomic E-state index is 0.179. The summed E-state index contributed by atoms with van der Waals surface area (Å²) in [6.07, 6.45) is 0. The van der Waals surface area contributed by atoms with Crippen molar-refractivity contribution >= 4 is 48.7 Å². The van der Waals surface area contributed by atoms with Crippen LogP contribution >= 0.6 is 10.5 Å². The van der Waals surface area contributed by atoms with Crippen LogP contribution in [0.1, 0.15) is 0 Å². The van der Waals surface area contributed by atoms with Crippen LogP contribution in [0, 0.1) is 0 Å². The Kier molecular flexibility index (Phi) is 2.97. The van der Waals surface area contributed by atoms with E-state index in [2.05, 4.69) is 90.8 Å². The molecule has 24 heavy (non-hydrogen) atoms. The average molecular weight is 324 g/mol. The molecule has 0 radical (unpaired) electrons. The molecule has 0 fully saturated rings. The van der Waals surface area contributed by atoms with E-state index in [1.807, 2.05) is 0 Å². The van der Waals surface area contributed by atoms with Gasteiger partial charge in [-0.05, 0) is 50.5 Å². The highest BCUT2D eigenvalue weighted by molar-refractivity contribution is 8.14. The van der Waals surface area contributed by atoms with Gasteiger partial charge in [-0.1, -0.05) is 72.6 Å². The normalized spacial score (nSPS) is 13.0. The van der Waals surface area contributed by atoms with Crippen molar-refractivity contribution in [1.29, 1.82) is 0 Å². The first-order valence-corrected chi connectivity index (χ1v) is 9.48. The maximum absolute atomic E-state index is 4.49. The molecular formula is C23H16S. The van der Waals surface area contributed by atoms with E-state index < -0.39 is 0 Å². The second-order valence-electron chi connectivity index (χ2n) is 6.12. The van der Waals surface area contributed by atoms with Crippen LogP contribution in [0.2, 0.25) is 0 Å². The third-order valence-corrected chi connectivity index (χ3v) is 6.51. The predicted octanol–water partition coefficient (Wildman–Crippen LogP) is 6.70. The first kappa shape index (κ1) is 13.8. The van der Waals surface area contributed by atoms with Gasteiger partial charge in [-0.3, -0.25) is 0 Å². The second-order valence-corrected chi connectivity index (χ2v) is 7.82. The van der Waals surface area contributed by atoms with Crippen LogP contribution in [-0.4, -0.2) is 5.87 Å². The average Bonchev–Trinajstić information content (AvgIpc) is 2.66. The summed E-state index contributed by atoms with van der Waals surface area (Å²) in [4.78, 5) is 2.61. The predicted molar refractivity (Wildman–Crippen MR) is 108 cm³/mol. The highest BCUT2D eigenvalue weighted by Gasteiger charge is 2.12. The molecule has 0 N–H and O–H groups in total. The van der Waals surface area contributed by atoms with E-state index >= 15 is 0 Å². The Bertz CT molecular complexity index is 1190. The summed E-state index contributed by atoms with van der Waals surface area (Å²) in [5, 5.41) is 8.01. The van der Waals surface area contributed by atoms with Crippen LogP contribution in [0.3, 0.4) is 0 Å². The minimum atomic E-state index is -0.179. The Morgan fingerprint density at radius 2 is 1.17 bits per heavy atom. The van der Waals surface area contributed by atoms with Crippen LogP contribution in [0.5, 0.6) is 0 Å². The molecule has 5 aromatic rings. The van der Waals surface area contributed by atoms with Crippen molar-refractivity contribution < 1.29 is 0 Å². The van der Waals surface area contributed by atoms with Gasteiger partial charge in [-0.25, -0.2) is 0 Å². The van der Waals surface area contributed by atoms with Crippen molar-refractivity contribution in [3.63, 3.8) is 0 Å². The van der Waals surface area contributed by atoms with Crippen LogP contribution in [0.4, 0.5) is 0 Å². The van der Waals surface area contributed by atoms with Crippen molar-refractivity contribution in [2.24, 2.45) is 0 Å². The molecule has 1 atom stereocenters. The number of rotatable bonds is 2. The van der Waals surface area contributed by atoms with Crippen molar-refractivity contribution in [2.75, 3.05) is 0 Å². The zero-order valence-corrected chi connectivity index (χ0v) is 14.0. The van der Waals surface area contributed by atoms with Gasteiger partial charge in [0.05, 0.1) is 0 Å². The molecule has 114 valence electrons. The molecule has 0 aromatic heterocycles. The van der Waals surface area contributed by atoms with Crippen molar-refractivity contribution in [2.45, 2.75) is 9.79 Å². The Morgan fingerprint density at radius 3 is 1.92 bits per heavy atom. The summed E-state index contributed by atoms with van der Waals surface area (Å²) < 4.78 is 0. The topological polar surface area (TPSA) is 0 Å². The lowest BCUT2D eigenvalue weighted by Crippen LogP contribution is -1.87. The van der Waals surface area contributed by atoms with Gasteiger partial charge in [0.25, 0.3) is 0 Å². The van der Waals surface area contributed by atoms with Gasteiger partial charge in [0.2, 0.25) is 0 Å². The molecule has 1 heteroatoms. The van der Waals surface area contributed by atoms with E-state index in [1.54, 1.807) is 0 Å². The Hall–Kier alpha value is -2.64. The van der Waals surface area contributed by atoms with E-state index in [0.717, 1.165) is 0 Å². The molecule has 0 aliphatic rings. The Morgan fingerprint density at radius 1 is 0.542 bits per heavy atom. The molecular weight excluding hydrogens is 308 g/mol. The van der Waals surface area contributed by atoms with E-state index in [4.69, 9.17) is 0 Å². The van der Waals surface area contributed by atoms with Gasteiger partial charge in [0, 0.05) is 9.79 Å². The van der Waals surface area contributed by atoms with E-state index in [-0.39, 0.29) is 10.5 Å². The van der Waals surface area contributed by atoms with Gasteiger partial charge >= 0.3 is 0 Å². The van der Waals surface area contributed by atoms with Gasteiger partial charge in [-0.15, -0.1) is 10.5 Å². The largest absolute Gasteiger partial charge is 0.130 e. The first-order valence-electron chi connectivity index (χ1n) is 8.08. The van der Waals surface area contributed by atoms with Crippen molar-refractivity contribution in [3.05, 3.63) is 84.9 Å². The van der Waals surface area contributed by atoms with Crippen molar-refractivity contribution in [3.8, 4) is 0 Å². The van der Waals surface area contributed by atoms with Gasteiger partial charge in [-0.2, -0.15) is 0 Å². The Balaban J connectivity index is 1.89. The van der Waals surface area contributed by atoms with Crippen LogP contribution in [0.25, 0.3) is 32.3 Å². The summed E-state index contributed by atoms with van der Waals surface area (Å²) in [6.45, 7) is 0. The van der Waals surface area contributed by atoms with Gasteiger partial charge < -0.3 is 0 Å². The van der Waals surface area contributed by atoms with E-state index in [0.29, 0.717) is 0 Å². The summed E-state index contributed by atoms with van der Waals surface area (Å²) in [5.74, 6) is 4.49. The van der Waals surface area contributed by atoms with Gasteiger partial charge in [0.15, 0.2) is 0 Å². The molecule has 0 bridgehead atoms. The molecule has 5 aromatic carbocycles. The molecule has 0 spiro atoms.